The third-order valence-electron chi connectivity index (χ3n) is 0.632. The average molecular weight is 245 g/mol. The molecular formula is C6H17ClNiP2. The first-order valence-corrected chi connectivity index (χ1v) is 8.77. The van der Waals surface area contributed by atoms with Crippen LogP contribution >= 0.6 is 14.6 Å². The van der Waals surface area contributed by atoms with Gasteiger partial charge in [0.2, 0.25) is 0 Å². The van der Waals surface area contributed by atoms with Gasteiger partial charge in [-0.05, 0) is 19.5 Å². The van der Waals surface area contributed by atoms with Crippen LogP contribution in [-0.2, 0) is 15.0 Å². The summed E-state index contributed by atoms with van der Waals surface area (Å²) in [7, 11) is 0.402. The average Bonchev–Trinajstić information content (AvgIpc) is 1.65. The SMILES string of the molecule is CCP(C)C.C[P](C)[Ni+].[Cl-]. The Morgan fingerprint density at radius 3 is 1.20 bits per heavy atom. The van der Waals surface area contributed by atoms with Crippen molar-refractivity contribution >= 4 is 14.6 Å². The molecule has 0 aromatic rings. The molecule has 0 aromatic heterocycles. The summed E-state index contributed by atoms with van der Waals surface area (Å²) in [6.07, 6.45) is 1.37. The molecule has 0 saturated heterocycles. The smallest absolute Gasteiger partial charge is 1.00 e. The van der Waals surface area contributed by atoms with Crippen molar-refractivity contribution in [1.82, 2.24) is 0 Å². The zero-order chi connectivity index (χ0) is 7.86. The van der Waals surface area contributed by atoms with Gasteiger partial charge in [0, 0.05) is 0 Å². The van der Waals surface area contributed by atoms with Crippen molar-refractivity contribution in [3.63, 3.8) is 0 Å². The van der Waals surface area contributed by atoms with Crippen molar-refractivity contribution in [3.05, 3.63) is 0 Å². The van der Waals surface area contributed by atoms with E-state index in [1.54, 1.807) is 0 Å². The zero-order valence-corrected chi connectivity index (χ0v) is 10.8. The second kappa shape index (κ2) is 13.2. The molecule has 10 heavy (non-hydrogen) atoms. The summed E-state index contributed by atoms with van der Waals surface area (Å²) in [5, 5.41) is 0. The van der Waals surface area contributed by atoms with Crippen LogP contribution in [0.4, 0.5) is 0 Å². The second-order valence-electron chi connectivity index (χ2n) is 2.13. The summed E-state index contributed by atoms with van der Waals surface area (Å²) in [5.41, 5.74) is 0. The second-order valence-corrected chi connectivity index (χ2v) is 9.03. The Balaban J connectivity index is -0.0000000910. The van der Waals surface area contributed by atoms with Gasteiger partial charge in [-0.1, -0.05) is 6.92 Å². The molecule has 0 aliphatic carbocycles. The molecule has 0 N–H and O–H groups in total. The first kappa shape index (κ1) is 17.7. The maximum Gasteiger partial charge on any atom is -1.00 e. The van der Waals surface area contributed by atoms with Gasteiger partial charge >= 0.3 is 35.1 Å². The van der Waals surface area contributed by atoms with Crippen LogP contribution in [0, 0.1) is 0 Å². The van der Waals surface area contributed by atoms with Gasteiger partial charge in [-0.3, -0.25) is 0 Å². The van der Waals surface area contributed by atoms with E-state index in [0.29, 0.717) is 7.92 Å². The van der Waals surface area contributed by atoms with E-state index in [1.807, 2.05) is 0 Å². The maximum absolute atomic E-state index is 4.44. The monoisotopic (exact) mass is 244 g/mol. The van der Waals surface area contributed by atoms with Crippen molar-refractivity contribution in [3.8, 4) is 0 Å². The summed E-state index contributed by atoms with van der Waals surface area (Å²) < 4.78 is 0. The van der Waals surface area contributed by atoms with Gasteiger partial charge in [0.05, 0.1) is 0 Å². The number of hydrogen-bond donors (Lipinski definition) is 0. The normalized spacial score (nSPS) is 8.50. The van der Waals surface area contributed by atoms with E-state index in [4.69, 9.17) is 0 Å². The van der Waals surface area contributed by atoms with Crippen LogP contribution in [0.5, 0.6) is 0 Å². The standard InChI is InChI=1S/C4H11P.C2H6P.ClH.Ni/c1-4-5(2)3;1-3-2;;/h4H2,1-3H3;1-2H3;1H;/q;-1;;+2/p-1. The van der Waals surface area contributed by atoms with E-state index in [-0.39, 0.29) is 19.1 Å². The summed E-state index contributed by atoms with van der Waals surface area (Å²) >= 11 is 4.44. The minimum atomic E-state index is 0. The fourth-order valence-corrected chi connectivity index (χ4v) is 0. The van der Waals surface area contributed by atoms with E-state index < -0.39 is 0 Å². The molecule has 0 aliphatic heterocycles. The molecule has 0 bridgehead atoms. The van der Waals surface area contributed by atoms with Crippen molar-refractivity contribution in [1.29, 1.82) is 0 Å². The molecule has 0 saturated carbocycles. The van der Waals surface area contributed by atoms with Crippen LogP contribution in [0.2, 0.25) is 0 Å². The Morgan fingerprint density at radius 1 is 1.10 bits per heavy atom. The fourth-order valence-electron chi connectivity index (χ4n) is 0. The molecule has 0 heterocycles. The Morgan fingerprint density at radius 2 is 1.20 bits per heavy atom. The molecule has 4 heteroatoms. The minimum Gasteiger partial charge on any atom is -1.00 e. The van der Waals surface area contributed by atoms with Crippen LogP contribution < -0.4 is 12.4 Å². The maximum atomic E-state index is 4.44. The number of hydrogen-bond acceptors (Lipinski definition) is 0. The first-order valence-electron chi connectivity index (χ1n) is 2.95. The van der Waals surface area contributed by atoms with Gasteiger partial charge in [-0.2, -0.15) is 0 Å². The topological polar surface area (TPSA) is 0 Å². The van der Waals surface area contributed by atoms with Crippen molar-refractivity contribution in [2.45, 2.75) is 6.92 Å². The molecule has 0 rings (SSSR count). The quantitative estimate of drug-likeness (QED) is 0.448. The van der Waals surface area contributed by atoms with Gasteiger partial charge in [0.1, 0.15) is 0 Å². The number of halogens is 1. The van der Waals surface area contributed by atoms with E-state index >= 15 is 0 Å². The largest absolute Gasteiger partial charge is 1.00 e. The summed E-state index contributed by atoms with van der Waals surface area (Å²) in [5.74, 6) is 0. The Labute approximate surface area is 81.8 Å². The third kappa shape index (κ3) is 54.3. The van der Waals surface area contributed by atoms with Crippen molar-refractivity contribution in [2.75, 3.05) is 32.8 Å². The van der Waals surface area contributed by atoms with Crippen LogP contribution in [-0.4, -0.2) is 32.8 Å². The van der Waals surface area contributed by atoms with Crippen LogP contribution in [0.25, 0.3) is 0 Å². The summed E-state index contributed by atoms with van der Waals surface area (Å²) in [4.78, 5) is 0. The predicted octanol–water partition coefficient (Wildman–Crippen LogP) is -0.0585. The molecule has 0 amide bonds. The van der Waals surface area contributed by atoms with E-state index in [0.717, 1.165) is 0 Å². The van der Waals surface area contributed by atoms with Crippen LogP contribution in [0.15, 0.2) is 0 Å². The van der Waals surface area contributed by atoms with Crippen molar-refractivity contribution in [2.24, 2.45) is 0 Å². The third-order valence-corrected chi connectivity index (χ3v) is 1.90. The molecule has 0 aromatic carbocycles. The molecule has 0 spiro atoms. The molecule has 0 nitrogen and oxygen atoms in total. The van der Waals surface area contributed by atoms with Crippen molar-refractivity contribution < 1.29 is 27.4 Å². The molecule has 68 valence electrons. The molecular weight excluding hydrogens is 228 g/mol. The fraction of sp³-hybridized carbons (Fsp3) is 1.00. The van der Waals surface area contributed by atoms with Gasteiger partial charge in [0.15, 0.2) is 0 Å². The number of rotatable bonds is 1. The van der Waals surface area contributed by atoms with Gasteiger partial charge in [0.25, 0.3) is 0 Å². The van der Waals surface area contributed by atoms with Gasteiger partial charge in [-0.25, -0.2) is 0 Å². The molecule has 0 unspecified atom stereocenters. The zero-order valence-electron chi connectivity index (χ0n) is 7.30. The van der Waals surface area contributed by atoms with Gasteiger partial charge in [-0.15, -0.1) is 7.92 Å². The van der Waals surface area contributed by atoms with Crippen LogP contribution in [0.3, 0.4) is 0 Å². The molecule has 0 radical (unpaired) electrons. The summed E-state index contributed by atoms with van der Waals surface area (Å²) in [6.45, 7) is 10.9. The Hall–Kier alpha value is 1.64. The van der Waals surface area contributed by atoms with Crippen LogP contribution in [0.1, 0.15) is 6.92 Å². The first-order chi connectivity index (χ1) is 4.00. The minimum absolute atomic E-state index is 0. The Bertz CT molecular complexity index is 48.3. The summed E-state index contributed by atoms with van der Waals surface area (Å²) in [6, 6.07) is 0. The van der Waals surface area contributed by atoms with E-state index in [1.165, 1.54) is 6.16 Å². The predicted molar refractivity (Wildman–Crippen MR) is 48.1 cm³/mol. The molecule has 0 fully saturated rings. The van der Waals surface area contributed by atoms with E-state index in [2.05, 4.69) is 48.6 Å². The molecule has 0 aliphatic rings. The van der Waals surface area contributed by atoms with Gasteiger partial charge < -0.3 is 12.4 Å². The van der Waals surface area contributed by atoms with E-state index in [9.17, 15) is 0 Å². The molecule has 0 atom stereocenters. The Kier molecular flexibility index (Phi) is 23.4.